The van der Waals surface area contributed by atoms with Crippen LogP contribution in [0.15, 0.2) is 54.9 Å². The third kappa shape index (κ3) is 4.94. The second kappa shape index (κ2) is 9.31. The predicted octanol–water partition coefficient (Wildman–Crippen LogP) is 4.80. The summed E-state index contributed by atoms with van der Waals surface area (Å²) in [6.45, 7) is 1.30. The third-order valence-corrected chi connectivity index (χ3v) is 5.59. The third-order valence-electron chi connectivity index (χ3n) is 5.29. The zero-order valence-electron chi connectivity index (χ0n) is 17.0. The monoisotopic (exact) mass is 440 g/mol. The highest BCUT2D eigenvalue weighted by Crippen LogP contribution is 2.28. The van der Waals surface area contributed by atoms with Gasteiger partial charge in [-0.2, -0.15) is 0 Å². The number of carbonyl (C=O) groups is 1. The molecule has 31 heavy (non-hydrogen) atoms. The first-order valence-corrected chi connectivity index (χ1v) is 10.4. The molecule has 1 amide bonds. The summed E-state index contributed by atoms with van der Waals surface area (Å²) < 4.78 is 18.6. The molecular weight excluding hydrogens is 419 g/mol. The van der Waals surface area contributed by atoms with Gasteiger partial charge in [0, 0.05) is 36.7 Å². The number of halogens is 2. The number of carbonyl (C=O) groups excluding carboxylic acids is 1. The second-order valence-electron chi connectivity index (χ2n) is 7.41. The van der Waals surface area contributed by atoms with Crippen LogP contribution in [-0.2, 0) is 4.79 Å². The minimum Gasteiger partial charge on any atom is -0.495 e. The minimum atomic E-state index is -0.301. The Balaban J connectivity index is 1.42. The number of amides is 1. The average molecular weight is 441 g/mol. The summed E-state index contributed by atoms with van der Waals surface area (Å²) in [7, 11) is 1.54. The summed E-state index contributed by atoms with van der Waals surface area (Å²) in [5.41, 5.74) is 2.09. The van der Waals surface area contributed by atoms with Gasteiger partial charge in [0.15, 0.2) is 0 Å². The van der Waals surface area contributed by atoms with Crippen molar-refractivity contribution in [1.82, 2.24) is 9.97 Å². The number of hydrogen-bond acceptors (Lipinski definition) is 5. The first kappa shape index (κ1) is 21.1. The van der Waals surface area contributed by atoms with E-state index in [-0.39, 0.29) is 17.6 Å². The van der Waals surface area contributed by atoms with E-state index in [9.17, 15) is 9.18 Å². The maximum atomic E-state index is 13.5. The van der Waals surface area contributed by atoms with E-state index >= 15 is 0 Å². The number of hydrogen-bond donors (Lipinski definition) is 1. The molecule has 1 N–H and O–H groups in total. The van der Waals surface area contributed by atoms with Crippen molar-refractivity contribution in [3.8, 4) is 16.9 Å². The maximum Gasteiger partial charge on any atom is 0.229 e. The predicted molar refractivity (Wildman–Crippen MR) is 119 cm³/mol. The number of methoxy groups -OCH3 is 1. The Hall–Kier alpha value is -3.19. The molecule has 0 saturated carbocycles. The fourth-order valence-electron chi connectivity index (χ4n) is 3.66. The molecule has 1 unspecified atom stereocenters. The lowest BCUT2D eigenvalue weighted by atomic mass is 9.97. The number of rotatable bonds is 5. The standard InChI is InChI=1S/C23H22ClFN4O2/c1-31-21-8-7-19(11-20(21)24)28-22(30)16-5-3-9-29(14-16)23-26-12-17(13-27-23)15-4-2-6-18(25)10-15/h2,4,6-8,10-13,16H,3,5,9,14H2,1H3,(H,28,30). The van der Waals surface area contributed by atoms with E-state index < -0.39 is 0 Å². The summed E-state index contributed by atoms with van der Waals surface area (Å²) in [6.07, 6.45) is 5.00. The van der Waals surface area contributed by atoms with Gasteiger partial charge < -0.3 is 15.0 Å². The Morgan fingerprint density at radius 1 is 1.19 bits per heavy atom. The Bertz CT molecular complexity index is 1080. The largest absolute Gasteiger partial charge is 0.495 e. The first-order valence-electron chi connectivity index (χ1n) is 10.0. The maximum absolute atomic E-state index is 13.5. The van der Waals surface area contributed by atoms with Gasteiger partial charge in [0.2, 0.25) is 11.9 Å². The van der Waals surface area contributed by atoms with Crippen molar-refractivity contribution in [3.05, 3.63) is 65.7 Å². The number of benzene rings is 2. The van der Waals surface area contributed by atoms with Crippen LogP contribution < -0.4 is 15.0 Å². The molecule has 1 aromatic heterocycles. The van der Waals surface area contributed by atoms with Crippen molar-refractivity contribution < 1.29 is 13.9 Å². The Morgan fingerprint density at radius 3 is 2.71 bits per heavy atom. The van der Waals surface area contributed by atoms with E-state index in [2.05, 4.69) is 15.3 Å². The van der Waals surface area contributed by atoms with E-state index in [1.165, 1.54) is 12.1 Å². The van der Waals surface area contributed by atoms with Gasteiger partial charge in [-0.1, -0.05) is 23.7 Å². The van der Waals surface area contributed by atoms with E-state index in [0.29, 0.717) is 29.0 Å². The fraction of sp³-hybridized carbons (Fsp3) is 0.261. The molecule has 3 aromatic rings. The van der Waals surface area contributed by atoms with Crippen LogP contribution in [0.2, 0.25) is 5.02 Å². The molecule has 1 fully saturated rings. The van der Waals surface area contributed by atoms with Crippen molar-refractivity contribution in [3.63, 3.8) is 0 Å². The molecule has 0 aliphatic carbocycles. The summed E-state index contributed by atoms with van der Waals surface area (Å²) in [5.74, 6) is 0.556. The molecule has 2 heterocycles. The van der Waals surface area contributed by atoms with Crippen LogP contribution in [0.5, 0.6) is 5.75 Å². The zero-order valence-corrected chi connectivity index (χ0v) is 17.8. The van der Waals surface area contributed by atoms with Crippen LogP contribution in [0, 0.1) is 11.7 Å². The highest BCUT2D eigenvalue weighted by molar-refractivity contribution is 6.32. The molecule has 8 heteroatoms. The van der Waals surface area contributed by atoms with Gasteiger partial charge in [0.1, 0.15) is 11.6 Å². The van der Waals surface area contributed by atoms with Gasteiger partial charge in [-0.3, -0.25) is 4.79 Å². The van der Waals surface area contributed by atoms with Gasteiger partial charge in [-0.05, 0) is 48.7 Å². The zero-order chi connectivity index (χ0) is 21.8. The van der Waals surface area contributed by atoms with Crippen LogP contribution in [0.25, 0.3) is 11.1 Å². The van der Waals surface area contributed by atoms with Crippen LogP contribution in [-0.4, -0.2) is 36.1 Å². The number of piperidine rings is 1. The fourth-order valence-corrected chi connectivity index (χ4v) is 3.92. The van der Waals surface area contributed by atoms with Crippen LogP contribution >= 0.6 is 11.6 Å². The Morgan fingerprint density at radius 2 is 2.00 bits per heavy atom. The smallest absolute Gasteiger partial charge is 0.229 e. The topological polar surface area (TPSA) is 67.3 Å². The normalized spacial score (nSPS) is 16.1. The molecule has 1 atom stereocenters. The molecule has 1 aliphatic rings. The SMILES string of the molecule is COc1ccc(NC(=O)C2CCCN(c3ncc(-c4cccc(F)c4)cn3)C2)cc1Cl. The quantitative estimate of drug-likeness (QED) is 0.617. The summed E-state index contributed by atoms with van der Waals surface area (Å²) >= 11 is 6.15. The highest BCUT2D eigenvalue weighted by Gasteiger charge is 2.27. The molecule has 1 saturated heterocycles. The molecular formula is C23H22ClFN4O2. The van der Waals surface area contributed by atoms with Gasteiger partial charge in [-0.15, -0.1) is 0 Å². The number of anilines is 2. The highest BCUT2D eigenvalue weighted by atomic mass is 35.5. The lowest BCUT2D eigenvalue weighted by Gasteiger charge is -2.32. The van der Waals surface area contributed by atoms with Gasteiger partial charge in [-0.25, -0.2) is 14.4 Å². The van der Waals surface area contributed by atoms with E-state index in [1.54, 1.807) is 43.8 Å². The second-order valence-corrected chi connectivity index (χ2v) is 7.81. The number of aromatic nitrogens is 2. The van der Waals surface area contributed by atoms with Crippen molar-refractivity contribution in [2.75, 3.05) is 30.4 Å². The molecule has 0 spiro atoms. The van der Waals surface area contributed by atoms with E-state index in [4.69, 9.17) is 16.3 Å². The first-order chi connectivity index (χ1) is 15.0. The van der Waals surface area contributed by atoms with Gasteiger partial charge in [0.25, 0.3) is 0 Å². The summed E-state index contributed by atoms with van der Waals surface area (Å²) in [6, 6.07) is 11.5. The van der Waals surface area contributed by atoms with Crippen molar-refractivity contribution >= 4 is 29.1 Å². The minimum absolute atomic E-state index is 0.0673. The van der Waals surface area contributed by atoms with E-state index in [1.807, 2.05) is 11.0 Å². The number of nitrogens with zero attached hydrogens (tertiary/aromatic N) is 3. The molecule has 0 radical (unpaired) electrons. The average Bonchev–Trinajstić information content (AvgIpc) is 2.79. The number of nitrogens with one attached hydrogen (secondary N) is 1. The molecule has 1 aliphatic heterocycles. The molecule has 4 rings (SSSR count). The Labute approximate surface area is 185 Å². The van der Waals surface area contributed by atoms with Crippen molar-refractivity contribution in [1.29, 1.82) is 0 Å². The lowest BCUT2D eigenvalue weighted by Crippen LogP contribution is -2.41. The van der Waals surface area contributed by atoms with Crippen LogP contribution in [0.1, 0.15) is 12.8 Å². The van der Waals surface area contributed by atoms with Crippen LogP contribution in [0.3, 0.4) is 0 Å². The summed E-state index contributed by atoms with van der Waals surface area (Å²) in [4.78, 5) is 23.7. The van der Waals surface area contributed by atoms with Gasteiger partial charge in [0.05, 0.1) is 18.1 Å². The molecule has 0 bridgehead atoms. The summed E-state index contributed by atoms with van der Waals surface area (Å²) in [5, 5.41) is 3.37. The van der Waals surface area contributed by atoms with Gasteiger partial charge >= 0.3 is 0 Å². The van der Waals surface area contributed by atoms with E-state index in [0.717, 1.165) is 30.5 Å². The molecule has 2 aromatic carbocycles. The van der Waals surface area contributed by atoms with Crippen LogP contribution in [0.4, 0.5) is 16.0 Å². The number of ether oxygens (including phenoxy) is 1. The van der Waals surface area contributed by atoms with Crippen molar-refractivity contribution in [2.24, 2.45) is 5.92 Å². The van der Waals surface area contributed by atoms with Crippen molar-refractivity contribution in [2.45, 2.75) is 12.8 Å². The molecule has 160 valence electrons. The Kier molecular flexibility index (Phi) is 6.32. The lowest BCUT2D eigenvalue weighted by molar-refractivity contribution is -0.120. The molecule has 6 nitrogen and oxygen atoms in total.